The van der Waals surface area contributed by atoms with Gasteiger partial charge in [-0.15, -0.1) is 4.91 Å². The molecule has 0 spiro atoms. The average molecular weight is 379 g/mol. The van der Waals surface area contributed by atoms with Crippen LogP contribution in [0.2, 0.25) is 0 Å². The second kappa shape index (κ2) is 7.22. The van der Waals surface area contributed by atoms with E-state index in [9.17, 15) is 14.5 Å². The molecular formula is C20H21N5O3. The van der Waals surface area contributed by atoms with Crippen molar-refractivity contribution >= 4 is 17.8 Å². The van der Waals surface area contributed by atoms with Crippen LogP contribution in [0, 0.1) is 11.8 Å². The molecular weight excluding hydrogens is 358 g/mol. The first-order valence-electron chi connectivity index (χ1n) is 8.73. The van der Waals surface area contributed by atoms with Crippen molar-refractivity contribution in [2.75, 3.05) is 0 Å². The normalized spacial score (nSPS) is 13.1. The van der Waals surface area contributed by atoms with Gasteiger partial charge >= 0.3 is 0 Å². The zero-order valence-corrected chi connectivity index (χ0v) is 16.1. The van der Waals surface area contributed by atoms with Crippen LogP contribution < -0.4 is 21.8 Å². The van der Waals surface area contributed by atoms with Gasteiger partial charge in [0.15, 0.2) is 0 Å². The fourth-order valence-corrected chi connectivity index (χ4v) is 2.84. The molecule has 3 aromatic rings. The quantitative estimate of drug-likeness (QED) is 0.596. The molecule has 0 bridgehead atoms. The van der Waals surface area contributed by atoms with Gasteiger partial charge in [-0.3, -0.25) is 9.59 Å². The maximum atomic E-state index is 12.5. The van der Waals surface area contributed by atoms with Crippen LogP contribution in [-0.2, 0) is 5.41 Å². The lowest BCUT2D eigenvalue weighted by molar-refractivity contribution is 0.571. The summed E-state index contributed by atoms with van der Waals surface area (Å²) in [6.45, 7) is 7.90. The van der Waals surface area contributed by atoms with Crippen molar-refractivity contribution in [1.29, 1.82) is 0 Å². The largest absolute Gasteiger partial charge is 0.348 e. The Morgan fingerprint density at radius 3 is 2.29 bits per heavy atom. The van der Waals surface area contributed by atoms with E-state index in [0.29, 0.717) is 11.3 Å². The van der Waals surface area contributed by atoms with E-state index in [0.717, 1.165) is 11.3 Å². The Balaban J connectivity index is 2.16. The van der Waals surface area contributed by atoms with Gasteiger partial charge in [-0.25, -0.2) is 4.98 Å². The molecule has 144 valence electrons. The Kier molecular flexibility index (Phi) is 4.96. The monoisotopic (exact) mass is 379 g/mol. The second-order valence-electron chi connectivity index (χ2n) is 7.57. The van der Waals surface area contributed by atoms with Gasteiger partial charge in [0.2, 0.25) is 0 Å². The summed E-state index contributed by atoms with van der Waals surface area (Å²) in [5.74, 6) is 0. The maximum Gasteiger partial charge on any atom is 0.272 e. The van der Waals surface area contributed by atoms with E-state index in [-0.39, 0.29) is 21.8 Å². The summed E-state index contributed by atoms with van der Waals surface area (Å²) in [5.41, 5.74) is 2.06. The van der Waals surface area contributed by atoms with Crippen LogP contribution in [0.4, 0.5) is 5.69 Å². The molecule has 8 nitrogen and oxygen atoms in total. The molecule has 0 saturated carbocycles. The van der Waals surface area contributed by atoms with E-state index in [2.05, 4.69) is 25.1 Å². The highest BCUT2D eigenvalue weighted by Crippen LogP contribution is 2.22. The molecule has 2 aromatic heterocycles. The Bertz CT molecular complexity index is 1270. The summed E-state index contributed by atoms with van der Waals surface area (Å²) in [7, 11) is 0. The number of nitrogens with one attached hydrogen (secondary N) is 3. The number of imidazole rings is 1. The molecule has 3 rings (SSSR count). The fraction of sp³-hybridized carbons (Fsp3) is 0.250. The van der Waals surface area contributed by atoms with E-state index in [4.69, 9.17) is 0 Å². The lowest BCUT2D eigenvalue weighted by atomic mass is 9.90. The lowest BCUT2D eigenvalue weighted by Gasteiger charge is -2.16. The van der Waals surface area contributed by atoms with Crippen LogP contribution in [0.25, 0.3) is 12.2 Å². The summed E-state index contributed by atoms with van der Waals surface area (Å²) < 4.78 is 0. The summed E-state index contributed by atoms with van der Waals surface area (Å²) in [4.78, 5) is 48.2. The molecule has 0 amide bonds. The summed E-state index contributed by atoms with van der Waals surface area (Å²) in [5, 5.41) is 3.10. The van der Waals surface area contributed by atoms with Crippen LogP contribution in [0.3, 0.4) is 0 Å². The molecule has 0 unspecified atom stereocenters. The molecule has 0 aliphatic heterocycles. The number of aryl methyl sites for hydroxylation is 1. The molecule has 3 N–H and O–H groups in total. The molecule has 0 aliphatic rings. The third-order valence-corrected chi connectivity index (χ3v) is 4.35. The van der Waals surface area contributed by atoms with Crippen LogP contribution in [0.15, 0.2) is 39.3 Å². The van der Waals surface area contributed by atoms with E-state index in [1.54, 1.807) is 30.6 Å². The van der Waals surface area contributed by atoms with Gasteiger partial charge in [-0.1, -0.05) is 26.8 Å². The number of hydrogen-bond acceptors (Lipinski definition) is 5. The lowest BCUT2D eigenvalue weighted by Crippen LogP contribution is -2.46. The number of H-pyrrole nitrogens is 3. The highest BCUT2D eigenvalue weighted by Gasteiger charge is 2.19. The van der Waals surface area contributed by atoms with Gasteiger partial charge in [0.05, 0.1) is 12.0 Å². The predicted molar refractivity (Wildman–Crippen MR) is 108 cm³/mol. The number of nitrogens with zero attached hydrogens (tertiary/aromatic N) is 2. The van der Waals surface area contributed by atoms with Crippen LogP contribution >= 0.6 is 0 Å². The Morgan fingerprint density at radius 1 is 1.04 bits per heavy atom. The van der Waals surface area contributed by atoms with E-state index < -0.39 is 11.1 Å². The number of benzene rings is 1. The zero-order chi connectivity index (χ0) is 20.5. The van der Waals surface area contributed by atoms with Crippen LogP contribution in [-0.4, -0.2) is 19.9 Å². The second-order valence-corrected chi connectivity index (χ2v) is 7.57. The van der Waals surface area contributed by atoms with E-state index in [1.165, 1.54) is 6.08 Å². The first kappa shape index (κ1) is 19.2. The van der Waals surface area contributed by atoms with Gasteiger partial charge < -0.3 is 15.0 Å². The first-order valence-corrected chi connectivity index (χ1v) is 8.73. The Hall–Kier alpha value is -3.55. The standard InChI is InChI=1S/C20H21N5O3/c1-11-5-6-13(25-28)7-12(11)8-15-18(26)24-16(19(27)23-15)9-14-17(20(2,3)4)22-10-21-14/h5-10H,1-4H3,(H,21,22)(H,23,27)(H,24,26)/b15-8-,16-9-. The zero-order valence-electron chi connectivity index (χ0n) is 16.1. The molecule has 0 saturated heterocycles. The van der Waals surface area contributed by atoms with Crippen molar-refractivity contribution in [1.82, 2.24) is 19.9 Å². The maximum absolute atomic E-state index is 12.5. The minimum atomic E-state index is -0.456. The van der Waals surface area contributed by atoms with E-state index >= 15 is 0 Å². The average Bonchev–Trinajstić information content (AvgIpc) is 3.09. The molecule has 0 fully saturated rings. The highest BCUT2D eigenvalue weighted by atomic mass is 16.3. The number of aromatic amines is 3. The smallest absolute Gasteiger partial charge is 0.272 e. The number of nitroso groups, excluding NO2 is 1. The third kappa shape index (κ3) is 3.90. The highest BCUT2D eigenvalue weighted by molar-refractivity contribution is 5.58. The summed E-state index contributed by atoms with van der Waals surface area (Å²) in [6, 6.07) is 4.86. The minimum absolute atomic E-state index is 0.0892. The molecule has 8 heteroatoms. The van der Waals surface area contributed by atoms with Crippen molar-refractivity contribution in [3.05, 3.63) is 83.4 Å². The minimum Gasteiger partial charge on any atom is -0.348 e. The molecule has 0 atom stereocenters. The molecule has 0 aliphatic carbocycles. The van der Waals surface area contributed by atoms with Crippen molar-refractivity contribution in [2.24, 2.45) is 5.18 Å². The number of aromatic nitrogens is 4. The van der Waals surface area contributed by atoms with Crippen molar-refractivity contribution < 1.29 is 0 Å². The fourth-order valence-electron chi connectivity index (χ4n) is 2.84. The first-order chi connectivity index (χ1) is 13.2. The molecule has 0 radical (unpaired) electrons. The van der Waals surface area contributed by atoms with Gasteiger partial charge in [0.25, 0.3) is 11.1 Å². The van der Waals surface area contributed by atoms with Crippen LogP contribution in [0.5, 0.6) is 0 Å². The SMILES string of the molecule is Cc1ccc(N=O)cc1/C=c1\[nH]c(=O)/c(=C/c2nc[nH]c2C(C)(C)C)[nH]c1=O. The number of hydrogen-bond donors (Lipinski definition) is 3. The molecule has 1 aromatic carbocycles. The van der Waals surface area contributed by atoms with Gasteiger partial charge in [0.1, 0.15) is 16.4 Å². The van der Waals surface area contributed by atoms with Gasteiger partial charge in [0, 0.05) is 11.1 Å². The summed E-state index contributed by atoms with van der Waals surface area (Å²) in [6.07, 6.45) is 4.62. The van der Waals surface area contributed by atoms with Crippen molar-refractivity contribution in [2.45, 2.75) is 33.1 Å². The predicted octanol–water partition coefficient (Wildman–Crippen LogP) is 1.45. The molecule has 28 heavy (non-hydrogen) atoms. The van der Waals surface area contributed by atoms with Gasteiger partial charge in [-0.05, 0) is 47.5 Å². The van der Waals surface area contributed by atoms with Crippen molar-refractivity contribution in [3.8, 4) is 0 Å². The van der Waals surface area contributed by atoms with Crippen molar-refractivity contribution in [3.63, 3.8) is 0 Å². The van der Waals surface area contributed by atoms with Crippen LogP contribution in [0.1, 0.15) is 43.3 Å². The van der Waals surface area contributed by atoms with E-state index in [1.807, 2.05) is 27.7 Å². The summed E-state index contributed by atoms with van der Waals surface area (Å²) >= 11 is 0. The van der Waals surface area contributed by atoms with Gasteiger partial charge in [-0.2, -0.15) is 0 Å². The number of rotatable bonds is 3. The molecule has 2 heterocycles. The third-order valence-electron chi connectivity index (χ3n) is 4.35. The Morgan fingerprint density at radius 2 is 1.68 bits per heavy atom. The topological polar surface area (TPSA) is 124 Å². The Labute approximate surface area is 160 Å².